The average molecular weight is 385 g/mol. The Morgan fingerprint density at radius 1 is 1.37 bits per heavy atom. The van der Waals surface area contributed by atoms with Gasteiger partial charge in [0.15, 0.2) is 0 Å². The molecule has 1 aromatic carbocycles. The number of hydrogen-bond acceptors (Lipinski definition) is 4. The van der Waals surface area contributed by atoms with E-state index in [1.54, 1.807) is 25.1 Å². The minimum Gasteiger partial charge on any atom is -0.496 e. The van der Waals surface area contributed by atoms with Gasteiger partial charge in [0, 0.05) is 21.0 Å². The number of aliphatic imine (C=N–C) groups is 1. The number of ether oxygens (including phenoxy) is 1. The number of halogens is 4. The molecular weight excluding hydrogens is 374 g/mol. The van der Waals surface area contributed by atoms with E-state index in [1.165, 1.54) is 7.11 Å². The summed E-state index contributed by atoms with van der Waals surface area (Å²) in [5.41, 5.74) is 1.11. The van der Waals surface area contributed by atoms with Gasteiger partial charge in [-0.2, -0.15) is 13.2 Å². The Hall–Kier alpha value is -1.19. The molecule has 0 saturated heterocycles. The fourth-order valence-electron chi connectivity index (χ4n) is 1.63. The number of alkyl halides is 4. The minimum atomic E-state index is -4.50. The quantitative estimate of drug-likeness (QED) is 0.441. The highest BCUT2D eigenvalue weighted by Crippen LogP contribution is 2.32. The number of amidine groups is 1. The molecule has 0 aromatic heterocycles. The number of rotatable bonds is 2. The first kappa shape index (κ1) is 14.2. The summed E-state index contributed by atoms with van der Waals surface area (Å²) in [5, 5.41) is 0.892. The number of benzene rings is 1. The zero-order valence-electron chi connectivity index (χ0n) is 10.2. The Balaban J connectivity index is 2.39. The summed E-state index contributed by atoms with van der Waals surface area (Å²) in [6.45, 7) is 1.77. The Labute approximate surface area is 118 Å². The Morgan fingerprint density at radius 2 is 2.11 bits per heavy atom. The van der Waals surface area contributed by atoms with Crippen molar-refractivity contribution in [1.29, 1.82) is 0 Å². The first-order valence-corrected chi connectivity index (χ1v) is 7.78. The van der Waals surface area contributed by atoms with Gasteiger partial charge >= 0.3 is 6.18 Å². The van der Waals surface area contributed by atoms with E-state index in [0.29, 0.717) is 11.4 Å². The van der Waals surface area contributed by atoms with Gasteiger partial charge in [0.1, 0.15) is 10.3 Å². The van der Waals surface area contributed by atoms with Gasteiger partial charge in [0.25, 0.3) is 0 Å². The van der Waals surface area contributed by atoms with Gasteiger partial charge < -0.3 is 4.74 Å². The molecule has 104 valence electrons. The zero-order valence-corrected chi connectivity index (χ0v) is 12.4. The molecule has 1 aromatic rings. The number of aryl methyl sites for hydroxylation is 1. The first-order valence-electron chi connectivity index (χ1n) is 5.29. The van der Waals surface area contributed by atoms with E-state index in [9.17, 15) is 13.2 Å². The molecule has 1 aliphatic rings. The van der Waals surface area contributed by atoms with Crippen LogP contribution in [0.5, 0.6) is 5.75 Å². The van der Waals surface area contributed by atoms with Crippen LogP contribution in [0.3, 0.4) is 0 Å². The van der Waals surface area contributed by atoms with Crippen LogP contribution in [0.4, 0.5) is 18.9 Å². The molecular formula is C11H11F3IN3O. The number of anilines is 1. The lowest BCUT2D eigenvalue weighted by Gasteiger charge is -2.24. The van der Waals surface area contributed by atoms with Gasteiger partial charge in [-0.05, 0) is 30.7 Å². The van der Waals surface area contributed by atoms with E-state index < -0.39 is 33.0 Å². The topological polar surface area (TPSA) is 37.2 Å². The highest BCUT2D eigenvalue weighted by Gasteiger charge is 2.41. The van der Waals surface area contributed by atoms with E-state index in [1.807, 2.05) is 0 Å². The maximum Gasteiger partial charge on any atom is 0.451 e. The standard InChI is InChI=1S/C11H11F3IN3O/c1-7-5-8(3-4-9(7)19-2)18-10(11(12,13)14)16-6-15-17-18/h3-5H,6H2,1-2H3. The van der Waals surface area contributed by atoms with Crippen molar-refractivity contribution in [2.45, 2.75) is 13.1 Å². The molecule has 1 heterocycles. The van der Waals surface area contributed by atoms with Crippen molar-refractivity contribution >= 4 is 32.6 Å². The average Bonchev–Trinajstić information content (AvgIpc) is 2.37. The lowest BCUT2D eigenvalue weighted by Crippen LogP contribution is -2.39. The van der Waals surface area contributed by atoms with Gasteiger partial charge in [-0.15, -0.1) is 3.25 Å². The third-order valence-corrected chi connectivity index (χ3v) is 3.85. The van der Waals surface area contributed by atoms with E-state index in [0.717, 1.165) is 10.6 Å². The van der Waals surface area contributed by atoms with Crippen molar-refractivity contribution < 1.29 is 17.9 Å². The van der Waals surface area contributed by atoms with Crippen molar-refractivity contribution in [2.75, 3.05) is 16.7 Å². The van der Waals surface area contributed by atoms with E-state index in [-0.39, 0.29) is 4.55 Å². The molecule has 0 aliphatic carbocycles. The monoisotopic (exact) mass is 385 g/mol. The maximum atomic E-state index is 12.9. The van der Waals surface area contributed by atoms with E-state index >= 15 is 0 Å². The van der Waals surface area contributed by atoms with Gasteiger partial charge in [-0.1, -0.05) is 0 Å². The van der Waals surface area contributed by atoms with Crippen LogP contribution in [0.25, 0.3) is 0 Å². The molecule has 1 aliphatic heterocycles. The Kier molecular flexibility index (Phi) is 4.07. The summed E-state index contributed by atoms with van der Waals surface area (Å²) < 4.78 is 47.9. The van der Waals surface area contributed by atoms with E-state index in [4.69, 9.17) is 4.74 Å². The van der Waals surface area contributed by atoms with Crippen LogP contribution in [0.1, 0.15) is 5.56 Å². The summed E-state index contributed by atoms with van der Waals surface area (Å²) >= 11 is -0.716. The molecule has 19 heavy (non-hydrogen) atoms. The molecule has 0 fully saturated rings. The smallest absolute Gasteiger partial charge is 0.451 e. The highest BCUT2D eigenvalue weighted by atomic mass is 127. The SMILES string of the molecule is COc1ccc(N2N=ICN=C2C(F)(F)F)cc1C. The van der Waals surface area contributed by atoms with Gasteiger partial charge in [-0.3, -0.25) is 4.99 Å². The van der Waals surface area contributed by atoms with Crippen molar-refractivity contribution in [3.63, 3.8) is 0 Å². The molecule has 0 amide bonds. The molecule has 0 spiro atoms. The fraction of sp³-hybridized carbons (Fsp3) is 0.364. The van der Waals surface area contributed by atoms with Crippen LogP contribution in [0, 0.1) is 6.92 Å². The lowest BCUT2D eigenvalue weighted by atomic mass is 10.2. The van der Waals surface area contributed by atoms with Crippen molar-refractivity contribution in [3.05, 3.63) is 23.8 Å². The van der Waals surface area contributed by atoms with Crippen molar-refractivity contribution in [2.24, 2.45) is 8.25 Å². The summed E-state index contributed by atoms with van der Waals surface area (Å²) in [7, 11) is 1.52. The zero-order chi connectivity index (χ0) is 14.0. The van der Waals surface area contributed by atoms with Crippen LogP contribution >= 0.6 is 21.0 Å². The van der Waals surface area contributed by atoms with Crippen LogP contribution in [-0.4, -0.2) is 23.7 Å². The molecule has 0 radical (unpaired) electrons. The summed E-state index contributed by atoms with van der Waals surface area (Å²) in [5.74, 6) is -0.330. The summed E-state index contributed by atoms with van der Waals surface area (Å²) in [4.78, 5) is 3.57. The molecule has 0 bridgehead atoms. The highest BCUT2D eigenvalue weighted by molar-refractivity contribution is 14.2. The molecule has 0 saturated carbocycles. The molecule has 2 rings (SSSR count). The maximum absolute atomic E-state index is 12.9. The Morgan fingerprint density at radius 3 is 2.68 bits per heavy atom. The van der Waals surface area contributed by atoms with Crippen LogP contribution in [-0.2, 0) is 0 Å². The van der Waals surface area contributed by atoms with Crippen LogP contribution < -0.4 is 9.75 Å². The third-order valence-electron chi connectivity index (χ3n) is 2.47. The van der Waals surface area contributed by atoms with Gasteiger partial charge in [0.05, 0.1) is 12.8 Å². The van der Waals surface area contributed by atoms with Gasteiger partial charge in [-0.25, -0.2) is 5.01 Å². The largest absolute Gasteiger partial charge is 0.496 e. The molecule has 0 unspecified atom stereocenters. The number of hydrogen-bond donors (Lipinski definition) is 0. The number of nitrogens with zero attached hydrogens (tertiary/aromatic N) is 3. The van der Waals surface area contributed by atoms with Crippen LogP contribution in [0.15, 0.2) is 26.4 Å². The third kappa shape index (κ3) is 3.04. The normalized spacial score (nSPS) is 15.8. The first-order chi connectivity index (χ1) is 8.93. The molecule has 0 atom stereocenters. The predicted molar refractivity (Wildman–Crippen MR) is 75.0 cm³/mol. The second kappa shape index (κ2) is 5.43. The summed E-state index contributed by atoms with van der Waals surface area (Å²) in [6.07, 6.45) is -4.50. The van der Waals surface area contributed by atoms with Crippen molar-refractivity contribution in [3.8, 4) is 5.75 Å². The Bertz CT molecular complexity index is 542. The number of methoxy groups -OCH3 is 1. The minimum absolute atomic E-state index is 0.166. The fourth-order valence-corrected chi connectivity index (χ4v) is 3.00. The van der Waals surface area contributed by atoms with Crippen LogP contribution in [0.2, 0.25) is 0 Å². The second-order valence-electron chi connectivity index (χ2n) is 3.76. The molecule has 4 nitrogen and oxygen atoms in total. The van der Waals surface area contributed by atoms with Crippen molar-refractivity contribution in [1.82, 2.24) is 0 Å². The molecule has 8 heteroatoms. The lowest BCUT2D eigenvalue weighted by molar-refractivity contribution is -0.0602. The predicted octanol–water partition coefficient (Wildman–Crippen LogP) is 3.81. The van der Waals surface area contributed by atoms with E-state index in [2.05, 4.69) is 8.25 Å². The second-order valence-corrected chi connectivity index (χ2v) is 5.56. The molecule has 0 N–H and O–H groups in total. The van der Waals surface area contributed by atoms with Gasteiger partial charge in [0.2, 0.25) is 5.84 Å². The summed E-state index contributed by atoms with van der Waals surface area (Å²) in [6, 6.07) is 4.78.